The molecular weight excluding hydrogens is 234 g/mol. The predicted molar refractivity (Wildman–Crippen MR) is 69.2 cm³/mol. The summed E-state index contributed by atoms with van der Waals surface area (Å²) < 4.78 is 0. The van der Waals surface area contributed by atoms with Gasteiger partial charge in [0, 0.05) is 11.8 Å². The van der Waals surface area contributed by atoms with Crippen LogP contribution in [0.3, 0.4) is 0 Å². The number of nitrogens with one attached hydrogen (secondary N) is 1. The van der Waals surface area contributed by atoms with Crippen molar-refractivity contribution in [2.45, 2.75) is 51.9 Å². The van der Waals surface area contributed by atoms with E-state index < -0.39 is 0 Å². The Bertz CT molecular complexity index is 385. The second-order valence-electron chi connectivity index (χ2n) is 4.73. The maximum Gasteiger partial charge on any atom is 0.229 e. The number of amides is 1. The molecule has 0 bridgehead atoms. The van der Waals surface area contributed by atoms with Crippen molar-refractivity contribution < 1.29 is 4.79 Å². The van der Waals surface area contributed by atoms with Crippen LogP contribution in [0.25, 0.3) is 0 Å². The normalized spacial score (nSPS) is 18.2. The number of rotatable bonds is 4. The average Bonchev–Trinajstić information content (AvgIpc) is 2.97. The van der Waals surface area contributed by atoms with Crippen molar-refractivity contribution in [1.82, 2.24) is 10.2 Å². The SMILES string of the molecule is CCC(C)C(=O)Nc1nnc(C2CCCC2)s1. The number of nitrogens with zero attached hydrogens (tertiary/aromatic N) is 2. The second kappa shape index (κ2) is 5.58. The highest BCUT2D eigenvalue weighted by Gasteiger charge is 2.22. The van der Waals surface area contributed by atoms with Crippen LogP contribution in [0.5, 0.6) is 0 Å². The predicted octanol–water partition coefficient (Wildman–Crippen LogP) is 3.18. The minimum absolute atomic E-state index is 0.0360. The summed E-state index contributed by atoms with van der Waals surface area (Å²) in [6.45, 7) is 3.93. The highest BCUT2D eigenvalue weighted by molar-refractivity contribution is 7.15. The van der Waals surface area contributed by atoms with Gasteiger partial charge in [0.05, 0.1) is 0 Å². The first-order valence-corrected chi connectivity index (χ1v) is 7.16. The monoisotopic (exact) mass is 253 g/mol. The molecule has 1 N–H and O–H groups in total. The Balaban J connectivity index is 1.96. The second-order valence-corrected chi connectivity index (χ2v) is 5.73. The van der Waals surface area contributed by atoms with Crippen molar-refractivity contribution >= 4 is 22.4 Å². The van der Waals surface area contributed by atoms with Crippen LogP contribution < -0.4 is 5.32 Å². The summed E-state index contributed by atoms with van der Waals surface area (Å²) in [5, 5.41) is 12.8. The van der Waals surface area contributed by atoms with E-state index in [0.717, 1.165) is 11.4 Å². The largest absolute Gasteiger partial charge is 0.300 e. The fourth-order valence-corrected chi connectivity index (χ4v) is 2.95. The van der Waals surface area contributed by atoms with Crippen molar-refractivity contribution in [3.05, 3.63) is 5.01 Å². The van der Waals surface area contributed by atoms with Gasteiger partial charge < -0.3 is 5.32 Å². The topological polar surface area (TPSA) is 54.9 Å². The van der Waals surface area contributed by atoms with Gasteiger partial charge in [-0.2, -0.15) is 0 Å². The average molecular weight is 253 g/mol. The fourth-order valence-electron chi connectivity index (χ4n) is 2.04. The molecule has 0 aromatic carbocycles. The summed E-state index contributed by atoms with van der Waals surface area (Å²) in [7, 11) is 0. The van der Waals surface area contributed by atoms with Crippen LogP contribution >= 0.6 is 11.3 Å². The van der Waals surface area contributed by atoms with E-state index in [2.05, 4.69) is 15.5 Å². The van der Waals surface area contributed by atoms with E-state index in [0.29, 0.717) is 11.0 Å². The van der Waals surface area contributed by atoms with Crippen molar-refractivity contribution in [3.8, 4) is 0 Å². The van der Waals surface area contributed by atoms with Crippen molar-refractivity contribution in [1.29, 1.82) is 0 Å². The first-order chi connectivity index (χ1) is 8.20. The number of carbonyl (C=O) groups is 1. The molecule has 0 spiro atoms. The zero-order chi connectivity index (χ0) is 12.3. The third kappa shape index (κ3) is 3.03. The van der Waals surface area contributed by atoms with Gasteiger partial charge in [0.25, 0.3) is 0 Å². The van der Waals surface area contributed by atoms with E-state index in [1.165, 1.54) is 37.0 Å². The molecule has 17 heavy (non-hydrogen) atoms. The molecule has 1 aliphatic carbocycles. The van der Waals surface area contributed by atoms with Crippen LogP contribution in [-0.4, -0.2) is 16.1 Å². The molecule has 0 aliphatic heterocycles. The lowest BCUT2D eigenvalue weighted by Gasteiger charge is -2.06. The molecule has 5 heteroatoms. The molecule has 1 aromatic rings. The standard InChI is InChI=1S/C12H19N3OS/c1-3-8(2)10(16)13-12-15-14-11(17-12)9-6-4-5-7-9/h8-9H,3-7H2,1-2H3,(H,13,15,16). The molecule has 94 valence electrons. The zero-order valence-electron chi connectivity index (χ0n) is 10.4. The molecule has 1 aromatic heterocycles. The number of hydrogen-bond donors (Lipinski definition) is 1. The van der Waals surface area contributed by atoms with Crippen LogP contribution in [0, 0.1) is 5.92 Å². The first kappa shape index (κ1) is 12.5. The van der Waals surface area contributed by atoms with Gasteiger partial charge in [-0.15, -0.1) is 10.2 Å². The molecular formula is C12H19N3OS. The van der Waals surface area contributed by atoms with Crippen molar-refractivity contribution in [2.24, 2.45) is 5.92 Å². The molecule has 1 fully saturated rings. The molecule has 1 heterocycles. The summed E-state index contributed by atoms with van der Waals surface area (Å²) in [6.07, 6.45) is 5.86. The fraction of sp³-hybridized carbons (Fsp3) is 0.750. The van der Waals surface area contributed by atoms with E-state index in [-0.39, 0.29) is 11.8 Å². The van der Waals surface area contributed by atoms with Crippen LogP contribution in [0.1, 0.15) is 56.9 Å². The Labute approximate surface area is 106 Å². The molecule has 4 nitrogen and oxygen atoms in total. The highest BCUT2D eigenvalue weighted by Crippen LogP contribution is 2.36. The number of anilines is 1. The molecule has 0 saturated heterocycles. The van der Waals surface area contributed by atoms with Crippen LogP contribution in [0.4, 0.5) is 5.13 Å². The van der Waals surface area contributed by atoms with Gasteiger partial charge in [-0.25, -0.2) is 0 Å². The summed E-state index contributed by atoms with van der Waals surface area (Å²) in [6, 6.07) is 0. The van der Waals surface area contributed by atoms with Gasteiger partial charge in [0.15, 0.2) is 0 Å². The Morgan fingerprint density at radius 1 is 1.47 bits per heavy atom. The smallest absolute Gasteiger partial charge is 0.229 e. The molecule has 1 amide bonds. The van der Waals surface area contributed by atoms with E-state index in [1.54, 1.807) is 0 Å². The van der Waals surface area contributed by atoms with E-state index >= 15 is 0 Å². The first-order valence-electron chi connectivity index (χ1n) is 6.35. The zero-order valence-corrected chi connectivity index (χ0v) is 11.2. The Hall–Kier alpha value is -0.970. The van der Waals surface area contributed by atoms with Gasteiger partial charge in [-0.1, -0.05) is 38.0 Å². The lowest BCUT2D eigenvalue weighted by atomic mass is 10.1. The Morgan fingerprint density at radius 3 is 2.82 bits per heavy atom. The molecule has 0 radical (unpaired) electrons. The van der Waals surface area contributed by atoms with Crippen molar-refractivity contribution in [2.75, 3.05) is 5.32 Å². The van der Waals surface area contributed by atoms with Crippen LogP contribution in [0.2, 0.25) is 0 Å². The third-order valence-electron chi connectivity index (χ3n) is 3.44. The lowest BCUT2D eigenvalue weighted by molar-refractivity contribution is -0.119. The van der Waals surface area contributed by atoms with Crippen LogP contribution in [0.15, 0.2) is 0 Å². The number of carbonyl (C=O) groups excluding carboxylic acids is 1. The maximum atomic E-state index is 11.7. The minimum atomic E-state index is 0.0360. The molecule has 1 saturated carbocycles. The summed E-state index contributed by atoms with van der Waals surface area (Å²) in [5.74, 6) is 0.650. The third-order valence-corrected chi connectivity index (χ3v) is 4.44. The van der Waals surface area contributed by atoms with E-state index in [1.807, 2.05) is 13.8 Å². The van der Waals surface area contributed by atoms with Gasteiger partial charge in [-0.05, 0) is 19.3 Å². The van der Waals surface area contributed by atoms with Gasteiger partial charge >= 0.3 is 0 Å². The minimum Gasteiger partial charge on any atom is -0.300 e. The lowest BCUT2D eigenvalue weighted by Crippen LogP contribution is -2.19. The Morgan fingerprint density at radius 2 is 2.18 bits per heavy atom. The van der Waals surface area contributed by atoms with Gasteiger partial charge in [0.1, 0.15) is 5.01 Å². The summed E-state index contributed by atoms with van der Waals surface area (Å²) in [4.78, 5) is 11.7. The van der Waals surface area contributed by atoms with Gasteiger partial charge in [-0.3, -0.25) is 4.79 Å². The van der Waals surface area contributed by atoms with Crippen LogP contribution in [-0.2, 0) is 4.79 Å². The quantitative estimate of drug-likeness (QED) is 0.896. The molecule has 1 unspecified atom stereocenters. The number of aromatic nitrogens is 2. The number of hydrogen-bond acceptors (Lipinski definition) is 4. The van der Waals surface area contributed by atoms with E-state index in [9.17, 15) is 4.79 Å². The molecule has 2 rings (SSSR count). The summed E-state index contributed by atoms with van der Waals surface area (Å²) >= 11 is 1.53. The van der Waals surface area contributed by atoms with Crippen molar-refractivity contribution in [3.63, 3.8) is 0 Å². The Kier molecular flexibility index (Phi) is 4.10. The highest BCUT2D eigenvalue weighted by atomic mass is 32.1. The van der Waals surface area contributed by atoms with Gasteiger partial charge in [0.2, 0.25) is 11.0 Å². The maximum absolute atomic E-state index is 11.7. The molecule has 1 atom stereocenters. The van der Waals surface area contributed by atoms with E-state index in [4.69, 9.17) is 0 Å². The molecule has 1 aliphatic rings. The summed E-state index contributed by atoms with van der Waals surface area (Å²) in [5.41, 5.74) is 0.